The number of nitrogens with one attached hydrogen (secondary N) is 1. The van der Waals surface area contributed by atoms with Crippen molar-refractivity contribution in [3.63, 3.8) is 0 Å². The average Bonchev–Trinajstić information content (AvgIpc) is 2.41. The smallest absolute Gasteiger partial charge is 0.178 e. The lowest BCUT2D eigenvalue weighted by atomic mass is 10.1. The molecule has 0 fully saturated rings. The van der Waals surface area contributed by atoms with Gasteiger partial charge in [-0.05, 0) is 41.8 Å². The second kappa shape index (κ2) is 6.10. The summed E-state index contributed by atoms with van der Waals surface area (Å²) in [5.74, 6) is 0.0524. The number of unbranched alkanes of at least 4 members (excludes halogenated alkanes) is 1. The van der Waals surface area contributed by atoms with Crippen LogP contribution in [0.15, 0.2) is 48.5 Å². The van der Waals surface area contributed by atoms with Gasteiger partial charge in [-0.1, -0.05) is 37.6 Å². The van der Waals surface area contributed by atoms with Gasteiger partial charge in [0.05, 0.1) is 0 Å². The molecule has 18 heavy (non-hydrogen) atoms. The lowest BCUT2D eigenvalue weighted by Gasteiger charge is -2.07. The van der Waals surface area contributed by atoms with Crippen LogP contribution >= 0.6 is 0 Å². The van der Waals surface area contributed by atoms with Crippen LogP contribution in [-0.4, -0.2) is 6.54 Å². The van der Waals surface area contributed by atoms with Gasteiger partial charge in [0.2, 0.25) is 0 Å². The first-order chi connectivity index (χ1) is 8.79. The predicted molar refractivity (Wildman–Crippen MR) is 75.4 cm³/mol. The molecule has 0 aliphatic heterocycles. The molecule has 2 heteroatoms. The summed E-state index contributed by atoms with van der Waals surface area (Å²) in [6.45, 7) is 3.20. The maximum Gasteiger partial charge on any atom is 0.178 e. The van der Waals surface area contributed by atoms with Gasteiger partial charge in [-0.2, -0.15) is 0 Å². The molecule has 2 aromatic carbocycles. The molecular formula is C16H18NO. The van der Waals surface area contributed by atoms with Gasteiger partial charge in [-0.25, -0.2) is 0 Å². The van der Waals surface area contributed by atoms with Crippen molar-refractivity contribution >= 4 is 5.69 Å². The summed E-state index contributed by atoms with van der Waals surface area (Å²) in [5, 5.41) is 14.4. The van der Waals surface area contributed by atoms with Crippen molar-refractivity contribution in [2.24, 2.45) is 0 Å². The Bertz CT molecular complexity index is 473. The molecule has 0 spiro atoms. The molecule has 2 rings (SSSR count). The molecular weight excluding hydrogens is 222 g/mol. The van der Waals surface area contributed by atoms with Crippen LogP contribution in [0.3, 0.4) is 0 Å². The molecule has 0 unspecified atom stereocenters. The molecule has 1 N–H and O–H groups in total. The van der Waals surface area contributed by atoms with Crippen LogP contribution in [0.5, 0.6) is 5.75 Å². The molecule has 1 radical (unpaired) electrons. The van der Waals surface area contributed by atoms with Crippen molar-refractivity contribution in [1.82, 2.24) is 0 Å². The van der Waals surface area contributed by atoms with Crippen LogP contribution in [0.2, 0.25) is 0 Å². The Balaban J connectivity index is 2.05. The Kier molecular flexibility index (Phi) is 4.24. The number of hydrogen-bond acceptors (Lipinski definition) is 1. The van der Waals surface area contributed by atoms with E-state index in [0.29, 0.717) is 0 Å². The molecule has 0 heterocycles. The zero-order valence-electron chi connectivity index (χ0n) is 10.6. The first-order valence-electron chi connectivity index (χ1n) is 6.41. The normalized spacial score (nSPS) is 10.3. The molecule has 0 atom stereocenters. The third-order valence-corrected chi connectivity index (χ3v) is 2.93. The molecule has 0 saturated carbocycles. The minimum Gasteiger partial charge on any atom is -0.385 e. The molecule has 0 aliphatic rings. The molecule has 0 amide bonds. The van der Waals surface area contributed by atoms with Crippen LogP contribution in [0.25, 0.3) is 11.1 Å². The first-order valence-corrected chi connectivity index (χ1v) is 6.41. The molecule has 93 valence electrons. The molecule has 0 bridgehead atoms. The lowest BCUT2D eigenvalue weighted by molar-refractivity contribution is 0.355. The van der Waals surface area contributed by atoms with Gasteiger partial charge in [0.1, 0.15) is 0 Å². The van der Waals surface area contributed by atoms with Gasteiger partial charge in [0.25, 0.3) is 0 Å². The largest absolute Gasteiger partial charge is 0.385 e. The van der Waals surface area contributed by atoms with Crippen molar-refractivity contribution in [3.05, 3.63) is 48.5 Å². The fourth-order valence-electron chi connectivity index (χ4n) is 1.84. The average molecular weight is 240 g/mol. The van der Waals surface area contributed by atoms with Crippen molar-refractivity contribution in [2.45, 2.75) is 19.8 Å². The highest BCUT2D eigenvalue weighted by molar-refractivity contribution is 5.66. The van der Waals surface area contributed by atoms with Crippen LogP contribution < -0.4 is 5.32 Å². The fourth-order valence-corrected chi connectivity index (χ4v) is 1.84. The van der Waals surface area contributed by atoms with E-state index in [-0.39, 0.29) is 5.75 Å². The SMILES string of the molecule is CCCCNc1ccc(-c2ccc([O])cc2)cc1. The maximum atomic E-state index is 11.0. The zero-order valence-corrected chi connectivity index (χ0v) is 10.6. The van der Waals surface area contributed by atoms with E-state index in [1.165, 1.54) is 12.8 Å². The Labute approximate surface area is 108 Å². The van der Waals surface area contributed by atoms with Crippen molar-refractivity contribution in [3.8, 4) is 16.9 Å². The van der Waals surface area contributed by atoms with Crippen LogP contribution in [0.4, 0.5) is 5.69 Å². The van der Waals surface area contributed by atoms with E-state index < -0.39 is 0 Å². The first kappa shape index (κ1) is 12.5. The maximum absolute atomic E-state index is 11.0. The predicted octanol–water partition coefficient (Wildman–Crippen LogP) is 4.71. The van der Waals surface area contributed by atoms with E-state index in [1.807, 2.05) is 12.1 Å². The Morgan fingerprint density at radius 2 is 1.44 bits per heavy atom. The van der Waals surface area contributed by atoms with Gasteiger partial charge in [0, 0.05) is 12.2 Å². The Morgan fingerprint density at radius 3 is 2.00 bits per heavy atom. The van der Waals surface area contributed by atoms with E-state index in [4.69, 9.17) is 0 Å². The molecule has 0 saturated heterocycles. The van der Waals surface area contributed by atoms with Gasteiger partial charge in [-0.3, -0.25) is 5.11 Å². The highest BCUT2D eigenvalue weighted by atomic mass is 16.3. The topological polar surface area (TPSA) is 31.9 Å². The van der Waals surface area contributed by atoms with Crippen LogP contribution in [0.1, 0.15) is 19.8 Å². The number of benzene rings is 2. The third-order valence-electron chi connectivity index (χ3n) is 2.93. The van der Waals surface area contributed by atoms with Crippen LogP contribution in [-0.2, 0) is 5.11 Å². The summed E-state index contributed by atoms with van der Waals surface area (Å²) < 4.78 is 0. The highest BCUT2D eigenvalue weighted by Gasteiger charge is 1.98. The van der Waals surface area contributed by atoms with Crippen molar-refractivity contribution in [1.29, 1.82) is 0 Å². The van der Waals surface area contributed by atoms with E-state index >= 15 is 0 Å². The second-order valence-electron chi connectivity index (χ2n) is 4.38. The summed E-state index contributed by atoms with van der Waals surface area (Å²) in [4.78, 5) is 0. The van der Waals surface area contributed by atoms with Crippen molar-refractivity contribution in [2.75, 3.05) is 11.9 Å². The fraction of sp³-hybridized carbons (Fsp3) is 0.250. The summed E-state index contributed by atoms with van der Waals surface area (Å²) in [6.07, 6.45) is 2.39. The minimum absolute atomic E-state index is 0.0524. The minimum atomic E-state index is 0.0524. The van der Waals surface area contributed by atoms with E-state index in [9.17, 15) is 5.11 Å². The quantitative estimate of drug-likeness (QED) is 0.754. The zero-order chi connectivity index (χ0) is 12.8. The van der Waals surface area contributed by atoms with Gasteiger partial charge >= 0.3 is 0 Å². The molecule has 2 nitrogen and oxygen atoms in total. The van der Waals surface area contributed by atoms with Crippen LogP contribution in [0, 0.1) is 0 Å². The monoisotopic (exact) mass is 240 g/mol. The summed E-state index contributed by atoms with van der Waals surface area (Å²) in [7, 11) is 0. The van der Waals surface area contributed by atoms with Gasteiger partial charge < -0.3 is 5.32 Å². The summed E-state index contributed by atoms with van der Waals surface area (Å²) in [5.41, 5.74) is 3.36. The Morgan fingerprint density at radius 1 is 0.889 bits per heavy atom. The second-order valence-corrected chi connectivity index (χ2v) is 4.38. The molecule has 2 aromatic rings. The van der Waals surface area contributed by atoms with E-state index in [2.05, 4.69) is 36.5 Å². The highest BCUT2D eigenvalue weighted by Crippen LogP contribution is 2.23. The van der Waals surface area contributed by atoms with E-state index in [1.54, 1.807) is 12.1 Å². The number of hydrogen-bond donors (Lipinski definition) is 1. The standard InChI is InChI=1S/C16H18NO/c1-2-3-12-17-15-8-4-13(5-9-15)14-6-10-16(18)11-7-14/h4-11,17H,2-3,12H2,1H3. The third kappa shape index (κ3) is 3.27. The lowest BCUT2D eigenvalue weighted by Crippen LogP contribution is -2.00. The summed E-state index contributed by atoms with van der Waals surface area (Å²) >= 11 is 0. The van der Waals surface area contributed by atoms with Gasteiger partial charge in [0.15, 0.2) is 5.75 Å². The van der Waals surface area contributed by atoms with Gasteiger partial charge in [-0.15, -0.1) is 0 Å². The van der Waals surface area contributed by atoms with E-state index in [0.717, 1.165) is 23.4 Å². The Hall–Kier alpha value is -1.96. The number of anilines is 1. The number of rotatable bonds is 5. The molecule has 0 aromatic heterocycles. The molecule has 0 aliphatic carbocycles. The summed E-state index contributed by atoms with van der Waals surface area (Å²) in [6, 6.07) is 15.2. The van der Waals surface area contributed by atoms with Crippen molar-refractivity contribution < 1.29 is 5.11 Å².